The first-order chi connectivity index (χ1) is 14.1. The third-order valence-corrected chi connectivity index (χ3v) is 6.62. The highest BCUT2D eigenvalue weighted by Crippen LogP contribution is 2.41. The van der Waals surface area contributed by atoms with Crippen LogP contribution in [0.1, 0.15) is 21.6 Å². The van der Waals surface area contributed by atoms with E-state index in [1.165, 1.54) is 24.4 Å². The van der Waals surface area contributed by atoms with Crippen LogP contribution in [0.3, 0.4) is 0 Å². The van der Waals surface area contributed by atoms with Gasteiger partial charge in [0.2, 0.25) is 0 Å². The number of halogens is 2. The lowest BCUT2D eigenvalue weighted by Gasteiger charge is -2.15. The third-order valence-electron chi connectivity index (χ3n) is 4.12. The summed E-state index contributed by atoms with van der Waals surface area (Å²) >= 11 is 1.61. The molecule has 3 aromatic rings. The second kappa shape index (κ2) is 8.95. The fraction of sp³-hybridized carbons (Fsp3) is 0.100. The van der Waals surface area contributed by atoms with Crippen molar-refractivity contribution in [2.45, 2.75) is 15.2 Å². The van der Waals surface area contributed by atoms with Crippen LogP contribution in [0.15, 0.2) is 71.8 Å². The average molecular weight is 557 g/mol. The molecule has 10 heteroatoms. The van der Waals surface area contributed by atoms with Crippen LogP contribution in [-0.2, 0) is 13.4 Å². The monoisotopic (exact) mass is 557 g/mol. The smallest absolute Gasteiger partial charge is 0.274 e. The predicted octanol–water partition coefficient (Wildman–Crippen LogP) is 4.83. The van der Waals surface area contributed by atoms with E-state index in [0.29, 0.717) is 16.8 Å². The summed E-state index contributed by atoms with van der Waals surface area (Å²) in [6.45, 7) is 1.63. The summed E-state index contributed by atoms with van der Waals surface area (Å²) in [5, 5.41) is 2.69. The Kier molecular flexibility index (Phi) is 6.74. The Morgan fingerprint density at radius 2 is 1.87 bits per heavy atom. The number of carbonyl (C=O) groups is 1. The molecule has 2 aromatic carbocycles. The van der Waals surface area contributed by atoms with Crippen molar-refractivity contribution < 1.29 is 17.6 Å². The van der Waals surface area contributed by atoms with Gasteiger partial charge >= 0.3 is 0 Å². The van der Waals surface area contributed by atoms with Gasteiger partial charge in [-0.25, -0.2) is 12.8 Å². The normalized spacial score (nSPS) is 13.3. The van der Waals surface area contributed by atoms with Crippen molar-refractivity contribution >= 4 is 59.1 Å². The topological polar surface area (TPSA) is 88.2 Å². The van der Waals surface area contributed by atoms with E-state index < -0.39 is 19.3 Å². The molecule has 1 aromatic heterocycles. The molecule has 1 heterocycles. The van der Waals surface area contributed by atoms with E-state index in [0.717, 1.165) is 0 Å². The van der Waals surface area contributed by atoms with Crippen molar-refractivity contribution in [2.24, 2.45) is 0 Å². The standard InChI is InChI=1S/C20H18FIN3O3PS/c1-13-11-15(24-19(26)17-7-2-3-10-23-17)8-9-18(13)30(27,28)25-16-6-4-5-14(12-16)20(21,22)29/h2-12,25H,29H2,1H3,(H,24,26). The molecule has 156 valence electrons. The van der Waals surface area contributed by atoms with Gasteiger partial charge in [0.25, 0.3) is 15.9 Å². The molecule has 0 saturated heterocycles. The number of carbonyl (C=O) groups excluding carboxylic acids is 1. The lowest BCUT2D eigenvalue weighted by atomic mass is 10.2. The van der Waals surface area contributed by atoms with Crippen molar-refractivity contribution in [1.82, 2.24) is 4.98 Å². The summed E-state index contributed by atoms with van der Waals surface area (Å²) in [7, 11) is -1.85. The number of pyridine rings is 1. The Hall–Kier alpha value is -2.10. The first-order valence-electron chi connectivity index (χ1n) is 8.69. The number of amides is 1. The number of hydrogen-bond donors (Lipinski definition) is 2. The van der Waals surface area contributed by atoms with E-state index in [2.05, 4.69) is 24.3 Å². The Labute approximate surface area is 190 Å². The van der Waals surface area contributed by atoms with Crippen LogP contribution < -0.4 is 10.0 Å². The number of nitrogens with zero attached hydrogens (tertiary/aromatic N) is 1. The molecule has 6 nitrogen and oxygen atoms in total. The molecule has 30 heavy (non-hydrogen) atoms. The van der Waals surface area contributed by atoms with E-state index >= 15 is 0 Å². The van der Waals surface area contributed by atoms with E-state index in [1.54, 1.807) is 72.0 Å². The zero-order chi connectivity index (χ0) is 21.9. The van der Waals surface area contributed by atoms with Crippen LogP contribution in [0.4, 0.5) is 15.8 Å². The van der Waals surface area contributed by atoms with Crippen LogP contribution >= 0.6 is 31.8 Å². The fourth-order valence-electron chi connectivity index (χ4n) is 2.72. The third kappa shape index (κ3) is 5.53. The maximum atomic E-state index is 14.1. The van der Waals surface area contributed by atoms with E-state index in [4.69, 9.17) is 0 Å². The van der Waals surface area contributed by atoms with Gasteiger partial charge in [-0.3, -0.25) is 14.5 Å². The number of alkyl halides is 2. The second-order valence-corrected chi connectivity index (χ2v) is 11.7. The summed E-state index contributed by atoms with van der Waals surface area (Å²) in [6, 6.07) is 15.6. The molecule has 0 aliphatic carbocycles. The molecule has 2 unspecified atom stereocenters. The highest BCUT2D eigenvalue weighted by molar-refractivity contribution is 14.1. The van der Waals surface area contributed by atoms with Gasteiger partial charge in [-0.1, -0.05) is 27.4 Å². The van der Waals surface area contributed by atoms with E-state index in [9.17, 15) is 17.6 Å². The first kappa shape index (κ1) is 22.6. The second-order valence-electron chi connectivity index (χ2n) is 6.46. The van der Waals surface area contributed by atoms with Crippen LogP contribution in [0.5, 0.6) is 0 Å². The number of aryl methyl sites for hydroxylation is 1. The van der Waals surface area contributed by atoms with Gasteiger partial charge in [-0.2, -0.15) is 0 Å². The zero-order valence-electron chi connectivity index (χ0n) is 15.8. The molecule has 1 amide bonds. The van der Waals surface area contributed by atoms with Gasteiger partial charge in [0.05, 0.1) is 4.90 Å². The van der Waals surface area contributed by atoms with E-state index in [-0.39, 0.29) is 16.3 Å². The van der Waals surface area contributed by atoms with Crippen LogP contribution in [0.25, 0.3) is 0 Å². The zero-order valence-corrected chi connectivity index (χ0v) is 19.9. The molecule has 3 rings (SSSR count). The van der Waals surface area contributed by atoms with Crippen molar-refractivity contribution in [3.63, 3.8) is 0 Å². The molecule has 0 aliphatic heterocycles. The fourth-order valence-corrected chi connectivity index (χ4v) is 4.51. The number of aromatic nitrogens is 1. The molecular weight excluding hydrogens is 539 g/mol. The van der Waals surface area contributed by atoms with Crippen LogP contribution in [0.2, 0.25) is 0 Å². The number of benzene rings is 2. The van der Waals surface area contributed by atoms with Gasteiger partial charge in [-0.15, -0.1) is 0 Å². The van der Waals surface area contributed by atoms with Crippen molar-refractivity contribution in [2.75, 3.05) is 10.0 Å². The predicted molar refractivity (Wildman–Crippen MR) is 127 cm³/mol. The van der Waals surface area contributed by atoms with Crippen molar-refractivity contribution in [3.8, 4) is 0 Å². The molecule has 0 fully saturated rings. The molecule has 0 radical (unpaired) electrons. The SMILES string of the molecule is Cc1cc(NC(=O)c2ccccn2)ccc1S(=O)(=O)Nc1cccc(C(F)(P)I)c1. The number of nitrogens with one attached hydrogen (secondary N) is 2. The lowest BCUT2D eigenvalue weighted by molar-refractivity contribution is 0.102. The Morgan fingerprint density at radius 3 is 2.50 bits per heavy atom. The highest BCUT2D eigenvalue weighted by Gasteiger charge is 2.23. The molecular formula is C20H18FIN3O3PS. The molecule has 0 bridgehead atoms. The van der Waals surface area contributed by atoms with E-state index in [1.807, 2.05) is 0 Å². The lowest BCUT2D eigenvalue weighted by Crippen LogP contribution is -2.16. The quantitative estimate of drug-likeness (QED) is 0.258. The highest BCUT2D eigenvalue weighted by atomic mass is 127. The summed E-state index contributed by atoms with van der Waals surface area (Å²) in [5.41, 5.74) is 1.70. The summed E-state index contributed by atoms with van der Waals surface area (Å²) in [6.07, 6.45) is 1.51. The van der Waals surface area contributed by atoms with Crippen LogP contribution in [0, 0.1) is 6.92 Å². The Bertz CT molecular complexity index is 1190. The number of hydrogen-bond acceptors (Lipinski definition) is 4. The summed E-state index contributed by atoms with van der Waals surface area (Å²) in [5.74, 6) is -0.397. The number of sulfonamides is 1. The summed E-state index contributed by atoms with van der Waals surface area (Å²) in [4.78, 5) is 16.3. The molecule has 0 spiro atoms. The molecule has 0 saturated carbocycles. The van der Waals surface area contributed by atoms with Gasteiger partial charge in [0.15, 0.2) is 3.42 Å². The minimum atomic E-state index is -3.91. The Morgan fingerprint density at radius 1 is 1.10 bits per heavy atom. The van der Waals surface area contributed by atoms with Gasteiger partial charge < -0.3 is 5.32 Å². The first-order valence-corrected chi connectivity index (χ1v) is 11.8. The van der Waals surface area contributed by atoms with Gasteiger partial charge in [-0.05, 0) is 77.5 Å². The number of anilines is 2. The van der Waals surface area contributed by atoms with Crippen molar-refractivity contribution in [3.05, 3.63) is 83.7 Å². The minimum Gasteiger partial charge on any atom is -0.321 e. The average Bonchev–Trinajstić information content (AvgIpc) is 2.67. The largest absolute Gasteiger partial charge is 0.321 e. The van der Waals surface area contributed by atoms with Crippen LogP contribution in [-0.4, -0.2) is 19.3 Å². The van der Waals surface area contributed by atoms with Crippen molar-refractivity contribution in [1.29, 1.82) is 0 Å². The molecule has 2 N–H and O–H groups in total. The molecule has 2 atom stereocenters. The Balaban J connectivity index is 1.81. The summed E-state index contributed by atoms with van der Waals surface area (Å²) < 4.78 is 40.5. The maximum absolute atomic E-state index is 14.1. The maximum Gasteiger partial charge on any atom is 0.274 e. The minimum absolute atomic E-state index is 0.0515. The molecule has 0 aliphatic rings. The van der Waals surface area contributed by atoms with Gasteiger partial charge in [0.1, 0.15) is 5.69 Å². The van der Waals surface area contributed by atoms with Gasteiger partial charge in [0, 0.05) is 23.1 Å². The number of rotatable bonds is 6.